The van der Waals surface area contributed by atoms with Crippen LogP contribution < -0.4 is 0 Å². The van der Waals surface area contributed by atoms with E-state index in [4.69, 9.17) is 16.6 Å². The average molecular weight is 441 g/mol. The Labute approximate surface area is 180 Å². The number of likely N-dealkylation sites (tertiary alicyclic amines) is 1. The summed E-state index contributed by atoms with van der Waals surface area (Å²) in [6.07, 6.45) is 3.31. The molecule has 0 radical (unpaired) electrons. The zero-order valence-corrected chi connectivity index (χ0v) is 17.4. The molecule has 1 amide bonds. The number of benzene rings is 2. The Hall–Kier alpha value is -2.97. The first-order valence-corrected chi connectivity index (χ1v) is 10.8. The van der Waals surface area contributed by atoms with E-state index in [2.05, 4.69) is 4.98 Å². The highest BCUT2D eigenvalue weighted by Gasteiger charge is 2.28. The van der Waals surface area contributed by atoms with E-state index in [0.717, 1.165) is 28.1 Å². The summed E-state index contributed by atoms with van der Waals surface area (Å²) in [4.78, 5) is 33.3. The Morgan fingerprint density at radius 1 is 1.23 bits per heavy atom. The van der Waals surface area contributed by atoms with E-state index in [-0.39, 0.29) is 11.6 Å². The van der Waals surface area contributed by atoms with Gasteiger partial charge >= 0.3 is 0 Å². The molecule has 2 aromatic heterocycles. The number of aromatic amines is 1. The maximum atomic E-state index is 13.1. The SMILES string of the molecule is O=C(c1c[nH]c2ccc([N+](=O)[O-])cc12)N1CCC(c2nc3cc(Cl)ccc3s2)CC1. The molecule has 0 saturated carbocycles. The summed E-state index contributed by atoms with van der Waals surface area (Å²) in [5.41, 5.74) is 2.08. The van der Waals surface area contributed by atoms with Gasteiger partial charge in [0.05, 0.1) is 25.7 Å². The standard InChI is InChI=1S/C21H17ClN4O3S/c22-13-1-4-19-18(9-13)24-20(30-19)12-5-7-25(8-6-12)21(27)16-11-23-17-3-2-14(26(28)29)10-15(16)17/h1-4,9-12,23H,5-8H2. The Bertz CT molecular complexity index is 1290. The van der Waals surface area contributed by atoms with Gasteiger partial charge in [-0.3, -0.25) is 14.9 Å². The first-order chi connectivity index (χ1) is 14.5. The number of amides is 1. The maximum absolute atomic E-state index is 13.1. The highest BCUT2D eigenvalue weighted by molar-refractivity contribution is 7.18. The number of nitrogens with zero attached hydrogens (tertiary/aromatic N) is 3. The van der Waals surface area contributed by atoms with Crippen molar-refractivity contribution in [3.63, 3.8) is 0 Å². The van der Waals surface area contributed by atoms with Gasteiger partial charge in [-0.05, 0) is 37.1 Å². The zero-order valence-electron chi connectivity index (χ0n) is 15.8. The lowest BCUT2D eigenvalue weighted by Gasteiger charge is -2.31. The number of aromatic nitrogens is 2. The summed E-state index contributed by atoms with van der Waals surface area (Å²) in [5.74, 6) is 0.213. The van der Waals surface area contributed by atoms with Crippen molar-refractivity contribution in [2.45, 2.75) is 18.8 Å². The van der Waals surface area contributed by atoms with Crippen LogP contribution >= 0.6 is 22.9 Å². The van der Waals surface area contributed by atoms with Crippen molar-refractivity contribution in [2.24, 2.45) is 0 Å². The third-order valence-corrected chi connectivity index (χ3v) is 7.04. The monoisotopic (exact) mass is 440 g/mol. The number of nitro groups is 1. The summed E-state index contributed by atoms with van der Waals surface area (Å²) in [6.45, 7) is 1.25. The number of H-pyrrole nitrogens is 1. The second-order valence-corrected chi connectivity index (χ2v) is 8.92. The molecule has 9 heteroatoms. The van der Waals surface area contributed by atoms with Crippen molar-refractivity contribution >= 4 is 55.7 Å². The lowest BCUT2D eigenvalue weighted by Crippen LogP contribution is -2.37. The number of rotatable bonds is 3. The average Bonchev–Trinajstić information content (AvgIpc) is 3.36. The third kappa shape index (κ3) is 3.32. The molecule has 1 N–H and O–H groups in total. The predicted octanol–water partition coefficient (Wildman–Crippen LogP) is 5.36. The lowest BCUT2D eigenvalue weighted by molar-refractivity contribution is -0.384. The molecule has 3 heterocycles. The number of carbonyl (C=O) groups is 1. The van der Waals surface area contributed by atoms with Gasteiger partial charge in [-0.1, -0.05) is 11.6 Å². The number of fused-ring (bicyclic) bond motifs is 2. The molecule has 1 saturated heterocycles. The lowest BCUT2D eigenvalue weighted by atomic mass is 9.97. The number of nitro benzene ring substituents is 1. The molecule has 0 spiro atoms. The van der Waals surface area contributed by atoms with Crippen LogP contribution in [-0.2, 0) is 0 Å². The van der Waals surface area contributed by atoms with Crippen molar-refractivity contribution in [2.75, 3.05) is 13.1 Å². The zero-order chi connectivity index (χ0) is 20.8. The highest BCUT2D eigenvalue weighted by atomic mass is 35.5. The molecule has 0 atom stereocenters. The van der Waals surface area contributed by atoms with Crippen molar-refractivity contribution in [1.82, 2.24) is 14.9 Å². The predicted molar refractivity (Wildman–Crippen MR) is 117 cm³/mol. The van der Waals surface area contributed by atoms with Crippen LogP contribution in [0.15, 0.2) is 42.6 Å². The van der Waals surface area contributed by atoms with E-state index in [1.165, 1.54) is 12.1 Å². The minimum absolute atomic E-state index is 0.0224. The molecule has 1 aliphatic rings. The number of non-ortho nitro benzene ring substituents is 1. The quantitative estimate of drug-likeness (QED) is 0.343. The largest absolute Gasteiger partial charge is 0.360 e. The van der Waals surface area contributed by atoms with Crippen LogP contribution in [-0.4, -0.2) is 38.8 Å². The maximum Gasteiger partial charge on any atom is 0.270 e. The Balaban J connectivity index is 1.33. The van der Waals surface area contributed by atoms with Crippen molar-refractivity contribution < 1.29 is 9.72 Å². The van der Waals surface area contributed by atoms with Gasteiger partial charge in [-0.25, -0.2) is 4.98 Å². The van der Waals surface area contributed by atoms with Crippen LogP contribution in [0.4, 0.5) is 5.69 Å². The molecule has 0 aliphatic carbocycles. The number of halogens is 1. The second kappa shape index (κ2) is 7.37. The van der Waals surface area contributed by atoms with Gasteiger partial charge in [0.25, 0.3) is 11.6 Å². The molecule has 0 bridgehead atoms. The fourth-order valence-electron chi connectivity index (χ4n) is 3.99. The molecule has 30 heavy (non-hydrogen) atoms. The number of nitrogens with one attached hydrogen (secondary N) is 1. The molecule has 2 aromatic carbocycles. The molecule has 0 unspecified atom stereocenters. The highest BCUT2D eigenvalue weighted by Crippen LogP contribution is 2.35. The van der Waals surface area contributed by atoms with Gasteiger partial charge in [0, 0.05) is 53.3 Å². The van der Waals surface area contributed by atoms with E-state index < -0.39 is 4.92 Å². The van der Waals surface area contributed by atoms with Crippen molar-refractivity contribution in [3.05, 3.63) is 68.3 Å². The fraction of sp³-hybridized carbons (Fsp3) is 0.238. The van der Waals surface area contributed by atoms with Crippen molar-refractivity contribution in [1.29, 1.82) is 0 Å². The van der Waals surface area contributed by atoms with Gasteiger partial charge < -0.3 is 9.88 Å². The van der Waals surface area contributed by atoms with E-state index in [1.54, 1.807) is 23.6 Å². The molecular formula is C21H17ClN4O3S. The molecule has 4 aromatic rings. The molecular weight excluding hydrogens is 424 g/mol. The molecule has 152 valence electrons. The van der Waals surface area contributed by atoms with E-state index >= 15 is 0 Å². The summed E-state index contributed by atoms with van der Waals surface area (Å²) in [7, 11) is 0. The number of hydrogen-bond acceptors (Lipinski definition) is 5. The third-order valence-electron chi connectivity index (χ3n) is 5.60. The molecule has 1 aliphatic heterocycles. The Morgan fingerprint density at radius 2 is 2.03 bits per heavy atom. The number of hydrogen-bond donors (Lipinski definition) is 1. The number of thiazole rings is 1. The van der Waals surface area contributed by atoms with E-state index in [9.17, 15) is 14.9 Å². The fourth-order valence-corrected chi connectivity index (χ4v) is 5.28. The van der Waals surface area contributed by atoms with Crippen molar-refractivity contribution in [3.8, 4) is 0 Å². The summed E-state index contributed by atoms with van der Waals surface area (Å²) in [5, 5.41) is 13.4. The molecule has 1 fully saturated rings. The van der Waals surface area contributed by atoms with E-state index in [0.29, 0.717) is 40.5 Å². The minimum atomic E-state index is -0.447. The smallest absolute Gasteiger partial charge is 0.270 e. The van der Waals surface area contributed by atoms with Crippen LogP contribution in [0, 0.1) is 10.1 Å². The van der Waals surface area contributed by atoms with E-state index in [1.807, 2.05) is 23.1 Å². The first kappa shape index (κ1) is 19.0. The number of carbonyl (C=O) groups excluding carboxylic acids is 1. The van der Waals surface area contributed by atoms with Crippen LogP contribution in [0.1, 0.15) is 34.1 Å². The summed E-state index contributed by atoms with van der Waals surface area (Å²) in [6, 6.07) is 10.3. The van der Waals surface area contributed by atoms with Gasteiger partial charge in [0.15, 0.2) is 0 Å². The van der Waals surface area contributed by atoms with Crippen LogP contribution in [0.3, 0.4) is 0 Å². The van der Waals surface area contributed by atoms with Crippen LogP contribution in [0.2, 0.25) is 5.02 Å². The van der Waals surface area contributed by atoms with Gasteiger partial charge in [0.2, 0.25) is 0 Å². The van der Waals surface area contributed by atoms with Crippen LogP contribution in [0.5, 0.6) is 0 Å². The van der Waals surface area contributed by atoms with Gasteiger partial charge in [-0.15, -0.1) is 11.3 Å². The Kier molecular flexibility index (Phi) is 4.67. The summed E-state index contributed by atoms with van der Waals surface area (Å²) < 4.78 is 1.12. The number of piperidine rings is 1. The first-order valence-electron chi connectivity index (χ1n) is 9.60. The second-order valence-electron chi connectivity index (χ2n) is 7.42. The Morgan fingerprint density at radius 3 is 2.80 bits per heavy atom. The molecule has 7 nitrogen and oxygen atoms in total. The normalized spacial score (nSPS) is 15.2. The topological polar surface area (TPSA) is 92.1 Å². The minimum Gasteiger partial charge on any atom is -0.360 e. The molecule has 5 rings (SSSR count). The van der Waals surface area contributed by atoms with Gasteiger partial charge in [-0.2, -0.15) is 0 Å². The summed E-state index contributed by atoms with van der Waals surface area (Å²) >= 11 is 7.75. The van der Waals surface area contributed by atoms with Crippen LogP contribution in [0.25, 0.3) is 21.1 Å². The van der Waals surface area contributed by atoms with Gasteiger partial charge in [0.1, 0.15) is 0 Å².